The van der Waals surface area contributed by atoms with Crippen molar-refractivity contribution in [1.29, 1.82) is 0 Å². The Balaban J connectivity index is 2.33. The quantitative estimate of drug-likeness (QED) is 0.822. The van der Waals surface area contributed by atoms with E-state index in [-0.39, 0.29) is 11.3 Å². The Morgan fingerprint density at radius 1 is 1.17 bits per heavy atom. The maximum Gasteiger partial charge on any atom is 0.359 e. The normalized spacial score (nSPS) is 11.3. The molecule has 1 aromatic heterocycles. The zero-order valence-corrected chi connectivity index (χ0v) is 13.9. The van der Waals surface area contributed by atoms with Gasteiger partial charge in [-0.05, 0) is 32.8 Å². The van der Waals surface area contributed by atoms with Crippen molar-refractivity contribution in [2.24, 2.45) is 0 Å². The molecule has 0 amide bonds. The predicted octanol–water partition coefficient (Wildman–Crippen LogP) is 3.09. The van der Waals surface area contributed by atoms with Gasteiger partial charge in [-0.25, -0.2) is 9.59 Å². The molecule has 0 radical (unpaired) electrons. The second-order valence-corrected chi connectivity index (χ2v) is 6.48. The Labute approximate surface area is 140 Å². The highest BCUT2D eigenvalue weighted by Gasteiger charge is 2.28. The first-order valence-electron chi connectivity index (χ1n) is 7.61. The number of carbonyl (C=O) groups excluding carboxylic acids is 1. The molecule has 2 rings (SSSR count). The molecular formula is C18H21NO5. The summed E-state index contributed by atoms with van der Waals surface area (Å²) in [5.74, 6) is -2.61. The van der Waals surface area contributed by atoms with Gasteiger partial charge in [-0.2, -0.15) is 0 Å². The van der Waals surface area contributed by atoms with Gasteiger partial charge in [-0.3, -0.25) is 0 Å². The van der Waals surface area contributed by atoms with Crippen LogP contribution < -0.4 is 0 Å². The molecule has 1 aromatic carbocycles. The molecule has 0 bridgehead atoms. The number of ether oxygens (including phenoxy) is 1. The average Bonchev–Trinajstić information content (AvgIpc) is 2.81. The highest BCUT2D eigenvalue weighted by molar-refractivity contribution is 5.99. The number of carbonyl (C=O) groups is 2. The molecule has 2 aromatic rings. The zero-order valence-electron chi connectivity index (χ0n) is 13.9. The van der Waals surface area contributed by atoms with Crippen LogP contribution in [0.3, 0.4) is 0 Å². The Morgan fingerprint density at radius 2 is 1.79 bits per heavy atom. The standard InChI is InChI=1S/C18H21NO5/c1-18(2,3)24-17(23)14-15(20)13(16(21)22)11-19(14)10-9-12-7-5-4-6-8-12/h4-8,11,20H,9-10H2,1-3H3,(H,21,22). The van der Waals surface area contributed by atoms with Crippen LogP contribution in [0, 0.1) is 0 Å². The van der Waals surface area contributed by atoms with Crippen molar-refractivity contribution >= 4 is 11.9 Å². The summed E-state index contributed by atoms with van der Waals surface area (Å²) in [6.45, 7) is 5.46. The van der Waals surface area contributed by atoms with Gasteiger partial charge >= 0.3 is 11.9 Å². The molecule has 0 spiro atoms. The fraction of sp³-hybridized carbons (Fsp3) is 0.333. The van der Waals surface area contributed by atoms with E-state index in [9.17, 15) is 19.8 Å². The first-order valence-corrected chi connectivity index (χ1v) is 7.61. The number of aromatic carboxylic acids is 1. The summed E-state index contributed by atoms with van der Waals surface area (Å²) in [7, 11) is 0. The van der Waals surface area contributed by atoms with Crippen LogP contribution in [0.2, 0.25) is 0 Å². The van der Waals surface area contributed by atoms with Crippen LogP contribution in [0.5, 0.6) is 5.75 Å². The third kappa shape index (κ3) is 4.16. The van der Waals surface area contributed by atoms with Crippen LogP contribution in [0.25, 0.3) is 0 Å². The minimum Gasteiger partial charge on any atom is -0.505 e. The van der Waals surface area contributed by atoms with Crippen molar-refractivity contribution in [1.82, 2.24) is 4.57 Å². The van der Waals surface area contributed by atoms with Crippen LogP contribution in [0.15, 0.2) is 36.5 Å². The Kier molecular flexibility index (Phi) is 4.97. The second-order valence-electron chi connectivity index (χ2n) is 6.48. The summed E-state index contributed by atoms with van der Waals surface area (Å²) in [5.41, 5.74) is -0.165. The predicted molar refractivity (Wildman–Crippen MR) is 88.4 cm³/mol. The van der Waals surface area contributed by atoms with E-state index in [2.05, 4.69) is 0 Å². The van der Waals surface area contributed by atoms with Crippen LogP contribution >= 0.6 is 0 Å². The van der Waals surface area contributed by atoms with Crippen molar-refractivity contribution < 1.29 is 24.5 Å². The van der Waals surface area contributed by atoms with Crippen LogP contribution in [0.4, 0.5) is 0 Å². The molecule has 0 saturated carbocycles. The minimum atomic E-state index is -1.30. The van der Waals surface area contributed by atoms with E-state index in [4.69, 9.17) is 4.74 Å². The van der Waals surface area contributed by atoms with Gasteiger partial charge in [0.2, 0.25) is 0 Å². The monoisotopic (exact) mass is 331 g/mol. The molecule has 6 nitrogen and oxygen atoms in total. The number of aromatic hydroxyl groups is 1. The lowest BCUT2D eigenvalue weighted by molar-refractivity contribution is 0.00547. The Hall–Kier alpha value is -2.76. The number of nitrogens with zero attached hydrogens (tertiary/aromatic N) is 1. The van der Waals surface area contributed by atoms with E-state index >= 15 is 0 Å². The summed E-state index contributed by atoms with van der Waals surface area (Å²) in [4.78, 5) is 23.6. The highest BCUT2D eigenvalue weighted by atomic mass is 16.6. The number of aromatic nitrogens is 1. The van der Waals surface area contributed by atoms with Gasteiger partial charge in [0, 0.05) is 12.7 Å². The van der Waals surface area contributed by atoms with E-state index in [1.807, 2.05) is 30.3 Å². The molecule has 1 heterocycles. The molecule has 0 fully saturated rings. The van der Waals surface area contributed by atoms with Crippen LogP contribution in [0.1, 0.15) is 47.2 Å². The van der Waals surface area contributed by atoms with Crippen LogP contribution in [-0.4, -0.2) is 32.3 Å². The number of aryl methyl sites for hydroxylation is 2. The molecule has 6 heteroatoms. The number of hydrogen-bond acceptors (Lipinski definition) is 4. The lowest BCUT2D eigenvalue weighted by Gasteiger charge is -2.20. The van der Waals surface area contributed by atoms with E-state index in [0.717, 1.165) is 5.56 Å². The molecule has 0 saturated heterocycles. The number of benzene rings is 1. The summed E-state index contributed by atoms with van der Waals surface area (Å²) in [6, 6.07) is 9.59. The Morgan fingerprint density at radius 3 is 2.33 bits per heavy atom. The summed E-state index contributed by atoms with van der Waals surface area (Å²) in [5, 5.41) is 19.3. The molecule has 24 heavy (non-hydrogen) atoms. The van der Waals surface area contributed by atoms with Crippen molar-refractivity contribution in [3.8, 4) is 5.75 Å². The first-order chi connectivity index (χ1) is 11.2. The zero-order chi connectivity index (χ0) is 17.9. The molecule has 128 valence electrons. The van der Waals surface area contributed by atoms with Crippen molar-refractivity contribution in [2.45, 2.75) is 39.3 Å². The average molecular weight is 331 g/mol. The largest absolute Gasteiger partial charge is 0.505 e. The van der Waals surface area contributed by atoms with Gasteiger partial charge < -0.3 is 19.5 Å². The molecular weight excluding hydrogens is 310 g/mol. The minimum absolute atomic E-state index is 0.141. The molecule has 0 aliphatic rings. The van der Waals surface area contributed by atoms with Gasteiger partial charge in [0.05, 0.1) is 0 Å². The van der Waals surface area contributed by atoms with E-state index in [1.165, 1.54) is 10.8 Å². The summed E-state index contributed by atoms with van der Waals surface area (Å²) in [6.07, 6.45) is 1.85. The first kappa shape index (κ1) is 17.6. The molecule has 0 unspecified atom stereocenters. The van der Waals surface area contributed by atoms with Crippen molar-refractivity contribution in [2.75, 3.05) is 0 Å². The Bertz CT molecular complexity index is 741. The van der Waals surface area contributed by atoms with E-state index in [1.54, 1.807) is 20.8 Å². The number of hydrogen-bond donors (Lipinski definition) is 2. The maximum absolute atomic E-state index is 12.4. The van der Waals surface area contributed by atoms with Crippen LogP contribution in [-0.2, 0) is 17.7 Å². The second kappa shape index (κ2) is 6.78. The van der Waals surface area contributed by atoms with Gasteiger partial charge in [-0.15, -0.1) is 0 Å². The highest BCUT2D eigenvalue weighted by Crippen LogP contribution is 2.27. The lowest BCUT2D eigenvalue weighted by atomic mass is 10.1. The number of carboxylic acid groups (broad SMARTS) is 1. The summed E-state index contributed by atoms with van der Waals surface area (Å²) < 4.78 is 6.71. The molecule has 0 aliphatic heterocycles. The number of esters is 1. The van der Waals surface area contributed by atoms with Gasteiger partial charge in [-0.1, -0.05) is 30.3 Å². The van der Waals surface area contributed by atoms with Gasteiger partial charge in [0.25, 0.3) is 0 Å². The fourth-order valence-corrected chi connectivity index (χ4v) is 2.31. The summed E-state index contributed by atoms with van der Waals surface area (Å²) >= 11 is 0. The maximum atomic E-state index is 12.4. The lowest BCUT2D eigenvalue weighted by Crippen LogP contribution is -2.25. The number of carboxylic acids is 1. The molecule has 0 atom stereocenters. The fourth-order valence-electron chi connectivity index (χ4n) is 2.31. The SMILES string of the molecule is CC(C)(C)OC(=O)c1c(O)c(C(=O)O)cn1CCc1ccccc1. The third-order valence-corrected chi connectivity index (χ3v) is 3.36. The van der Waals surface area contributed by atoms with Gasteiger partial charge in [0.15, 0.2) is 11.4 Å². The van der Waals surface area contributed by atoms with E-state index in [0.29, 0.717) is 13.0 Å². The van der Waals surface area contributed by atoms with Crippen molar-refractivity contribution in [3.05, 3.63) is 53.3 Å². The molecule has 2 N–H and O–H groups in total. The van der Waals surface area contributed by atoms with Gasteiger partial charge in [0.1, 0.15) is 11.2 Å². The third-order valence-electron chi connectivity index (χ3n) is 3.36. The van der Waals surface area contributed by atoms with Crippen molar-refractivity contribution in [3.63, 3.8) is 0 Å². The molecule has 0 aliphatic carbocycles. The topological polar surface area (TPSA) is 88.8 Å². The smallest absolute Gasteiger partial charge is 0.359 e. The van der Waals surface area contributed by atoms with E-state index < -0.39 is 23.3 Å². The number of rotatable bonds is 5.